The fourth-order valence-electron chi connectivity index (χ4n) is 1.41. The first-order chi connectivity index (χ1) is 7.83. The van der Waals surface area contributed by atoms with Gasteiger partial charge in [-0.3, -0.25) is 0 Å². The SMILES string of the molecule is CNc1cc(-c2ccc(OC)cc2)ncn1. The number of aromatic nitrogens is 2. The van der Waals surface area contributed by atoms with Crippen LogP contribution in [0.15, 0.2) is 36.7 Å². The molecule has 0 radical (unpaired) electrons. The molecule has 1 N–H and O–H groups in total. The summed E-state index contributed by atoms with van der Waals surface area (Å²) in [5, 5.41) is 2.98. The van der Waals surface area contributed by atoms with Gasteiger partial charge in [-0.05, 0) is 24.3 Å². The van der Waals surface area contributed by atoms with Gasteiger partial charge in [-0.2, -0.15) is 0 Å². The van der Waals surface area contributed by atoms with Gasteiger partial charge in [-0.25, -0.2) is 9.97 Å². The number of ether oxygens (including phenoxy) is 1. The number of nitrogens with one attached hydrogen (secondary N) is 1. The normalized spacial score (nSPS) is 9.88. The van der Waals surface area contributed by atoms with Crippen LogP contribution < -0.4 is 10.1 Å². The molecule has 4 heteroatoms. The van der Waals surface area contributed by atoms with Crippen LogP contribution in [0.25, 0.3) is 11.3 Å². The summed E-state index contributed by atoms with van der Waals surface area (Å²) in [4.78, 5) is 8.29. The number of nitrogens with zero attached hydrogens (tertiary/aromatic N) is 2. The Bertz CT molecular complexity index is 468. The third-order valence-corrected chi connectivity index (χ3v) is 2.31. The number of methoxy groups -OCH3 is 1. The van der Waals surface area contributed by atoms with Crippen molar-refractivity contribution in [3.05, 3.63) is 36.7 Å². The Morgan fingerprint density at radius 3 is 2.50 bits per heavy atom. The Morgan fingerprint density at radius 2 is 1.88 bits per heavy atom. The lowest BCUT2D eigenvalue weighted by atomic mass is 10.1. The molecule has 0 aliphatic rings. The minimum absolute atomic E-state index is 0.806. The molecule has 0 aliphatic carbocycles. The summed E-state index contributed by atoms with van der Waals surface area (Å²) in [6.07, 6.45) is 1.55. The van der Waals surface area contributed by atoms with Crippen molar-refractivity contribution in [1.29, 1.82) is 0 Å². The lowest BCUT2D eigenvalue weighted by Gasteiger charge is -2.04. The molecule has 0 saturated heterocycles. The van der Waals surface area contributed by atoms with Gasteiger partial charge in [-0.1, -0.05) is 0 Å². The smallest absolute Gasteiger partial charge is 0.129 e. The molecule has 2 rings (SSSR count). The van der Waals surface area contributed by atoms with Crippen molar-refractivity contribution >= 4 is 5.82 Å². The lowest BCUT2D eigenvalue weighted by molar-refractivity contribution is 0.415. The van der Waals surface area contributed by atoms with Gasteiger partial charge in [0.05, 0.1) is 12.8 Å². The van der Waals surface area contributed by atoms with E-state index in [9.17, 15) is 0 Å². The average Bonchev–Trinajstić information content (AvgIpc) is 2.39. The molecule has 1 aromatic heterocycles. The number of hydrogen-bond donors (Lipinski definition) is 1. The Morgan fingerprint density at radius 1 is 1.12 bits per heavy atom. The molecule has 0 unspecified atom stereocenters. The third-order valence-electron chi connectivity index (χ3n) is 2.31. The molecule has 82 valence electrons. The molecule has 4 nitrogen and oxygen atoms in total. The van der Waals surface area contributed by atoms with Gasteiger partial charge in [0.25, 0.3) is 0 Å². The average molecular weight is 215 g/mol. The summed E-state index contributed by atoms with van der Waals surface area (Å²) < 4.78 is 5.10. The highest BCUT2D eigenvalue weighted by molar-refractivity contribution is 5.62. The predicted molar refractivity (Wildman–Crippen MR) is 63.6 cm³/mol. The molecule has 0 bridgehead atoms. The van der Waals surface area contributed by atoms with Crippen LogP contribution in [0.2, 0.25) is 0 Å². The van der Waals surface area contributed by atoms with Crippen LogP contribution >= 0.6 is 0 Å². The van der Waals surface area contributed by atoms with E-state index in [1.165, 1.54) is 0 Å². The van der Waals surface area contributed by atoms with E-state index in [1.807, 2.05) is 37.4 Å². The van der Waals surface area contributed by atoms with E-state index in [1.54, 1.807) is 13.4 Å². The number of anilines is 1. The van der Waals surface area contributed by atoms with E-state index in [2.05, 4.69) is 15.3 Å². The summed E-state index contributed by atoms with van der Waals surface area (Å²) in [5.41, 5.74) is 1.93. The number of benzene rings is 1. The fraction of sp³-hybridized carbons (Fsp3) is 0.167. The number of rotatable bonds is 3. The maximum absolute atomic E-state index is 5.10. The first kappa shape index (κ1) is 10.4. The zero-order valence-corrected chi connectivity index (χ0v) is 9.27. The van der Waals surface area contributed by atoms with Gasteiger partial charge in [0.15, 0.2) is 0 Å². The number of hydrogen-bond acceptors (Lipinski definition) is 4. The van der Waals surface area contributed by atoms with Gasteiger partial charge in [0.2, 0.25) is 0 Å². The van der Waals surface area contributed by atoms with Gasteiger partial charge in [0, 0.05) is 18.7 Å². The Hall–Kier alpha value is -2.10. The zero-order valence-electron chi connectivity index (χ0n) is 9.27. The van der Waals surface area contributed by atoms with E-state index in [0.29, 0.717) is 0 Å². The van der Waals surface area contributed by atoms with Crippen LogP contribution in [0.1, 0.15) is 0 Å². The van der Waals surface area contributed by atoms with Crippen LogP contribution in [0, 0.1) is 0 Å². The summed E-state index contributed by atoms with van der Waals surface area (Å²) in [6.45, 7) is 0. The molecule has 16 heavy (non-hydrogen) atoms. The van der Waals surface area contributed by atoms with Gasteiger partial charge >= 0.3 is 0 Å². The second-order valence-electron chi connectivity index (χ2n) is 3.27. The molecule has 1 aromatic carbocycles. The Labute approximate surface area is 94.3 Å². The maximum atomic E-state index is 5.10. The molecular weight excluding hydrogens is 202 g/mol. The topological polar surface area (TPSA) is 47.0 Å². The standard InChI is InChI=1S/C12H13N3O/c1-13-12-7-11(14-8-15-12)9-3-5-10(16-2)6-4-9/h3-8H,1-2H3,(H,13,14,15). The van der Waals surface area contributed by atoms with Crippen LogP contribution in [0.4, 0.5) is 5.82 Å². The van der Waals surface area contributed by atoms with Crippen molar-refractivity contribution in [2.45, 2.75) is 0 Å². The lowest BCUT2D eigenvalue weighted by Crippen LogP contribution is -1.94. The summed E-state index contributed by atoms with van der Waals surface area (Å²) in [5.74, 6) is 1.65. The Balaban J connectivity index is 2.34. The van der Waals surface area contributed by atoms with E-state index in [-0.39, 0.29) is 0 Å². The van der Waals surface area contributed by atoms with E-state index in [0.717, 1.165) is 22.8 Å². The molecule has 1 heterocycles. The van der Waals surface area contributed by atoms with Crippen molar-refractivity contribution in [2.24, 2.45) is 0 Å². The van der Waals surface area contributed by atoms with Gasteiger partial charge < -0.3 is 10.1 Å². The van der Waals surface area contributed by atoms with Crippen molar-refractivity contribution in [3.63, 3.8) is 0 Å². The van der Waals surface area contributed by atoms with Crippen LogP contribution in [-0.4, -0.2) is 24.1 Å². The fourth-order valence-corrected chi connectivity index (χ4v) is 1.41. The molecule has 0 fully saturated rings. The highest BCUT2D eigenvalue weighted by Crippen LogP contribution is 2.21. The van der Waals surface area contributed by atoms with Crippen molar-refractivity contribution < 1.29 is 4.74 Å². The van der Waals surface area contributed by atoms with E-state index in [4.69, 9.17) is 4.74 Å². The van der Waals surface area contributed by atoms with E-state index >= 15 is 0 Å². The monoisotopic (exact) mass is 215 g/mol. The molecule has 2 aromatic rings. The van der Waals surface area contributed by atoms with Crippen LogP contribution in [-0.2, 0) is 0 Å². The Kier molecular flexibility index (Phi) is 3.00. The second-order valence-corrected chi connectivity index (χ2v) is 3.27. The summed E-state index contributed by atoms with van der Waals surface area (Å²) in [7, 11) is 3.49. The molecule has 0 amide bonds. The molecular formula is C12H13N3O. The van der Waals surface area contributed by atoms with Gasteiger partial charge in [-0.15, -0.1) is 0 Å². The minimum atomic E-state index is 0.806. The largest absolute Gasteiger partial charge is 0.497 e. The molecule has 0 saturated carbocycles. The minimum Gasteiger partial charge on any atom is -0.497 e. The van der Waals surface area contributed by atoms with Crippen molar-refractivity contribution in [2.75, 3.05) is 19.5 Å². The third kappa shape index (κ3) is 2.11. The first-order valence-corrected chi connectivity index (χ1v) is 4.97. The van der Waals surface area contributed by atoms with Crippen molar-refractivity contribution in [1.82, 2.24) is 9.97 Å². The van der Waals surface area contributed by atoms with E-state index < -0.39 is 0 Å². The van der Waals surface area contributed by atoms with Crippen LogP contribution in [0.5, 0.6) is 5.75 Å². The first-order valence-electron chi connectivity index (χ1n) is 4.97. The van der Waals surface area contributed by atoms with Crippen molar-refractivity contribution in [3.8, 4) is 17.0 Å². The highest BCUT2D eigenvalue weighted by atomic mass is 16.5. The van der Waals surface area contributed by atoms with Crippen LogP contribution in [0.3, 0.4) is 0 Å². The summed E-state index contributed by atoms with van der Waals surface area (Å²) >= 11 is 0. The molecule has 0 aliphatic heterocycles. The summed E-state index contributed by atoms with van der Waals surface area (Å²) in [6, 6.07) is 9.68. The molecule has 0 atom stereocenters. The maximum Gasteiger partial charge on any atom is 0.129 e. The zero-order chi connectivity index (χ0) is 11.4. The quantitative estimate of drug-likeness (QED) is 0.852. The van der Waals surface area contributed by atoms with Gasteiger partial charge in [0.1, 0.15) is 17.9 Å². The second kappa shape index (κ2) is 4.61. The highest BCUT2D eigenvalue weighted by Gasteiger charge is 2.01. The predicted octanol–water partition coefficient (Wildman–Crippen LogP) is 2.19. The molecule has 0 spiro atoms.